The third-order valence-electron chi connectivity index (χ3n) is 5.49. The van der Waals surface area contributed by atoms with E-state index in [0.29, 0.717) is 17.3 Å². The molecule has 0 bridgehead atoms. The van der Waals surface area contributed by atoms with E-state index in [4.69, 9.17) is 0 Å². The molecule has 0 aromatic carbocycles. The van der Waals surface area contributed by atoms with Crippen molar-refractivity contribution in [2.75, 3.05) is 32.4 Å². The highest BCUT2D eigenvalue weighted by molar-refractivity contribution is 7.85. The van der Waals surface area contributed by atoms with Crippen LogP contribution in [0.3, 0.4) is 0 Å². The number of aliphatic imine (C=N–C) groups is 1. The van der Waals surface area contributed by atoms with E-state index >= 15 is 0 Å². The van der Waals surface area contributed by atoms with Crippen molar-refractivity contribution in [1.82, 2.24) is 15.5 Å². The van der Waals surface area contributed by atoms with Crippen LogP contribution in [0.2, 0.25) is 0 Å². The van der Waals surface area contributed by atoms with Crippen molar-refractivity contribution in [2.24, 2.45) is 4.99 Å². The third-order valence-corrected chi connectivity index (χ3v) is 7.93. The number of rotatable bonds is 9. The van der Waals surface area contributed by atoms with Crippen molar-refractivity contribution in [1.29, 1.82) is 0 Å². The summed E-state index contributed by atoms with van der Waals surface area (Å²) in [4.78, 5) is 6.91. The van der Waals surface area contributed by atoms with E-state index in [9.17, 15) is 4.21 Å². The lowest BCUT2D eigenvalue weighted by Crippen LogP contribution is -2.48. The van der Waals surface area contributed by atoms with Crippen molar-refractivity contribution in [2.45, 2.75) is 63.8 Å². The molecule has 2 rings (SSSR count). The minimum absolute atomic E-state index is 0.327. The number of nitrogens with one attached hydrogen (secondary N) is 2. The third kappa shape index (κ3) is 6.57. The van der Waals surface area contributed by atoms with Gasteiger partial charge in [0.1, 0.15) is 0 Å². The molecule has 1 aromatic heterocycles. The van der Waals surface area contributed by atoms with E-state index in [1.165, 1.54) is 5.56 Å². The van der Waals surface area contributed by atoms with Gasteiger partial charge in [0.25, 0.3) is 0 Å². The van der Waals surface area contributed by atoms with E-state index in [2.05, 4.69) is 51.2 Å². The van der Waals surface area contributed by atoms with E-state index in [-0.39, 0.29) is 0 Å². The van der Waals surface area contributed by atoms with Gasteiger partial charge in [0.2, 0.25) is 0 Å². The molecule has 5 nitrogen and oxygen atoms in total. The maximum atomic E-state index is 12.2. The van der Waals surface area contributed by atoms with Gasteiger partial charge in [-0.2, -0.15) is 11.3 Å². The van der Waals surface area contributed by atoms with Crippen LogP contribution in [0.4, 0.5) is 0 Å². The van der Waals surface area contributed by atoms with Gasteiger partial charge in [-0.25, -0.2) is 0 Å². The van der Waals surface area contributed by atoms with Gasteiger partial charge in [0, 0.05) is 41.4 Å². The average molecular weight is 413 g/mol. The summed E-state index contributed by atoms with van der Waals surface area (Å²) in [5, 5.41) is 11.8. The topological polar surface area (TPSA) is 56.7 Å². The molecule has 1 heterocycles. The van der Waals surface area contributed by atoms with Gasteiger partial charge in [0.05, 0.1) is 6.04 Å². The van der Waals surface area contributed by atoms with Crippen LogP contribution >= 0.6 is 11.3 Å². The molecule has 1 saturated carbocycles. The molecule has 0 amide bonds. The maximum absolute atomic E-state index is 12.2. The summed E-state index contributed by atoms with van der Waals surface area (Å²) in [6, 6.07) is 2.92. The zero-order valence-electron chi connectivity index (χ0n) is 17.2. The maximum Gasteiger partial charge on any atom is 0.191 e. The quantitative estimate of drug-likeness (QED) is 0.482. The Balaban J connectivity index is 1.94. The molecule has 1 aromatic rings. The fourth-order valence-corrected chi connectivity index (χ4v) is 5.97. The van der Waals surface area contributed by atoms with Crippen LogP contribution in [0.25, 0.3) is 0 Å². The fourth-order valence-electron chi connectivity index (χ4n) is 3.92. The molecule has 1 aliphatic rings. The van der Waals surface area contributed by atoms with Gasteiger partial charge in [-0.15, -0.1) is 0 Å². The first-order chi connectivity index (χ1) is 13.1. The Morgan fingerprint density at radius 1 is 1.37 bits per heavy atom. The van der Waals surface area contributed by atoms with Crippen LogP contribution in [-0.2, 0) is 10.8 Å². The Morgan fingerprint density at radius 2 is 2.15 bits per heavy atom. The average Bonchev–Trinajstić information content (AvgIpc) is 3.24. The summed E-state index contributed by atoms with van der Waals surface area (Å²) < 4.78 is 12.2. The molecule has 0 aliphatic heterocycles. The normalized spacial score (nSPS) is 23.2. The Kier molecular flexibility index (Phi) is 9.79. The molecule has 7 heteroatoms. The summed E-state index contributed by atoms with van der Waals surface area (Å²) >= 11 is 1.75. The number of likely N-dealkylation sites (N-methyl/N-ethyl adjacent to an activating group) is 1. The predicted octanol–water partition coefficient (Wildman–Crippen LogP) is 3.38. The van der Waals surface area contributed by atoms with E-state index < -0.39 is 10.8 Å². The molecule has 1 aliphatic carbocycles. The van der Waals surface area contributed by atoms with Crippen LogP contribution < -0.4 is 10.6 Å². The number of nitrogens with zero attached hydrogens (tertiary/aromatic N) is 2. The Morgan fingerprint density at radius 3 is 2.74 bits per heavy atom. The number of thiophene rings is 1. The summed E-state index contributed by atoms with van der Waals surface area (Å²) in [6.07, 6.45) is 4.34. The van der Waals surface area contributed by atoms with Gasteiger partial charge in [-0.3, -0.25) is 14.1 Å². The second-order valence-corrected chi connectivity index (χ2v) is 9.83. The summed E-state index contributed by atoms with van der Waals surface area (Å²) in [5.41, 5.74) is 1.36. The minimum Gasteiger partial charge on any atom is -0.354 e. The molecule has 4 unspecified atom stereocenters. The van der Waals surface area contributed by atoms with E-state index in [1.807, 2.05) is 14.0 Å². The first-order valence-corrected chi connectivity index (χ1v) is 12.6. The first-order valence-electron chi connectivity index (χ1n) is 10.2. The molecular formula is C20H36N4OS2. The van der Waals surface area contributed by atoms with Crippen molar-refractivity contribution >= 4 is 28.1 Å². The zero-order chi connectivity index (χ0) is 19.6. The van der Waals surface area contributed by atoms with Crippen LogP contribution in [-0.4, -0.2) is 58.8 Å². The fraction of sp³-hybridized carbons (Fsp3) is 0.750. The smallest absolute Gasteiger partial charge is 0.191 e. The SMILES string of the molecule is CCN(CC)C(CNC(=NC)NC1CCCC(S(=O)CC)C1)c1ccsc1. The van der Waals surface area contributed by atoms with Crippen LogP contribution in [0, 0.1) is 0 Å². The Labute approximate surface area is 171 Å². The lowest BCUT2D eigenvalue weighted by atomic mass is 9.95. The zero-order valence-corrected chi connectivity index (χ0v) is 18.9. The lowest BCUT2D eigenvalue weighted by molar-refractivity contribution is 0.219. The number of hydrogen-bond donors (Lipinski definition) is 2. The highest BCUT2D eigenvalue weighted by Gasteiger charge is 2.26. The number of hydrogen-bond acceptors (Lipinski definition) is 4. The molecule has 0 spiro atoms. The van der Waals surface area contributed by atoms with Crippen LogP contribution in [0.5, 0.6) is 0 Å². The molecule has 154 valence electrons. The Hall–Kier alpha value is -0.920. The molecule has 27 heavy (non-hydrogen) atoms. The largest absolute Gasteiger partial charge is 0.354 e. The second kappa shape index (κ2) is 11.8. The minimum atomic E-state index is -0.697. The summed E-state index contributed by atoms with van der Waals surface area (Å²) in [5.74, 6) is 1.62. The Bertz CT molecular complexity index is 587. The molecule has 1 fully saturated rings. The molecule has 2 N–H and O–H groups in total. The summed E-state index contributed by atoms with van der Waals surface area (Å²) in [6.45, 7) is 9.33. The van der Waals surface area contributed by atoms with Crippen molar-refractivity contribution < 1.29 is 4.21 Å². The van der Waals surface area contributed by atoms with Crippen LogP contribution in [0.1, 0.15) is 58.1 Å². The second-order valence-electron chi connectivity index (χ2n) is 7.05. The van der Waals surface area contributed by atoms with Crippen molar-refractivity contribution in [3.05, 3.63) is 22.4 Å². The first kappa shape index (κ1) is 22.4. The van der Waals surface area contributed by atoms with Crippen molar-refractivity contribution in [3.63, 3.8) is 0 Å². The number of guanidine groups is 1. The van der Waals surface area contributed by atoms with Crippen LogP contribution in [0.15, 0.2) is 21.8 Å². The molecule has 0 radical (unpaired) electrons. The van der Waals surface area contributed by atoms with E-state index in [1.54, 1.807) is 11.3 Å². The molecule has 4 atom stereocenters. The molecular weight excluding hydrogens is 376 g/mol. The highest BCUT2D eigenvalue weighted by atomic mass is 32.2. The lowest BCUT2D eigenvalue weighted by Gasteiger charge is -2.32. The highest BCUT2D eigenvalue weighted by Crippen LogP contribution is 2.24. The van der Waals surface area contributed by atoms with Gasteiger partial charge < -0.3 is 10.6 Å². The van der Waals surface area contributed by atoms with Gasteiger partial charge >= 0.3 is 0 Å². The monoisotopic (exact) mass is 412 g/mol. The van der Waals surface area contributed by atoms with Gasteiger partial charge in [-0.1, -0.05) is 27.2 Å². The van der Waals surface area contributed by atoms with E-state index in [0.717, 1.165) is 57.0 Å². The van der Waals surface area contributed by atoms with Gasteiger partial charge in [-0.05, 0) is 54.7 Å². The predicted molar refractivity (Wildman–Crippen MR) is 119 cm³/mol. The molecule has 0 saturated heterocycles. The van der Waals surface area contributed by atoms with Gasteiger partial charge in [0.15, 0.2) is 5.96 Å². The van der Waals surface area contributed by atoms with Crippen molar-refractivity contribution in [3.8, 4) is 0 Å². The standard InChI is InChI=1S/C20H36N4OS2/c1-5-24(6-2)19(16-11-12-26-15-16)14-22-20(21-4)23-17-9-8-10-18(13-17)27(25)7-3/h11-12,15,17-19H,5-10,13-14H2,1-4H3,(H2,21,22,23). The summed E-state index contributed by atoms with van der Waals surface area (Å²) in [7, 11) is 1.13.